The summed E-state index contributed by atoms with van der Waals surface area (Å²) in [5, 5.41) is 52.5. The quantitative estimate of drug-likeness (QED) is 0.118. The molecule has 1 saturated carbocycles. The molecule has 4 rings (SSSR count). The number of nitrogens with two attached hydrogens (primary N) is 6. The molecule has 41 heavy (non-hydrogen) atoms. The Hall–Kier alpha value is -0.680. The van der Waals surface area contributed by atoms with E-state index in [-0.39, 0.29) is 25.1 Å². The SMILES string of the molecule is C[C@H](N)[C@@H]1CC[C@@H](N)[C@@H](O[C@H]2[C@H](O[C@@H]3O[C@H](CO)[C@@H](O[C@H]4O[C@@H](CN)[C@@H](O)[C@H](O)[C@H]4N)[C@H]3O)[C@@H](O)[C@H](N)C[C@@H]2N)O1. The van der Waals surface area contributed by atoms with Gasteiger partial charge >= 0.3 is 0 Å². The van der Waals surface area contributed by atoms with Crippen LogP contribution in [-0.4, -0.2) is 149 Å². The Morgan fingerprint density at radius 2 is 1.34 bits per heavy atom. The summed E-state index contributed by atoms with van der Waals surface area (Å²) in [5.74, 6) is 0. The summed E-state index contributed by atoms with van der Waals surface area (Å²) in [6, 6.07) is -3.42. The lowest BCUT2D eigenvalue weighted by atomic mass is 9.84. The summed E-state index contributed by atoms with van der Waals surface area (Å²) < 4.78 is 35.4. The fourth-order valence-electron chi connectivity index (χ4n) is 5.83. The molecule has 240 valence electrons. The van der Waals surface area contributed by atoms with Crippen LogP contribution in [0.2, 0.25) is 0 Å². The number of hydrogen-bond acceptors (Lipinski definition) is 17. The maximum absolute atomic E-state index is 11.1. The average Bonchev–Trinajstić information content (AvgIpc) is 3.23. The third-order valence-electron chi connectivity index (χ3n) is 8.42. The van der Waals surface area contributed by atoms with Gasteiger partial charge in [0, 0.05) is 24.7 Å². The largest absolute Gasteiger partial charge is 0.394 e. The Morgan fingerprint density at radius 3 is 1.98 bits per heavy atom. The lowest BCUT2D eigenvalue weighted by Crippen LogP contribution is -2.65. The topological polar surface area (TPSA) is 313 Å². The van der Waals surface area contributed by atoms with Crippen molar-refractivity contribution in [3.8, 4) is 0 Å². The maximum atomic E-state index is 11.1. The predicted octanol–water partition coefficient (Wildman–Crippen LogP) is -6.45. The second-order valence-corrected chi connectivity index (χ2v) is 11.6. The highest BCUT2D eigenvalue weighted by Crippen LogP contribution is 2.34. The smallest absolute Gasteiger partial charge is 0.187 e. The van der Waals surface area contributed by atoms with Crippen molar-refractivity contribution in [2.24, 2.45) is 34.4 Å². The van der Waals surface area contributed by atoms with E-state index >= 15 is 0 Å². The Balaban J connectivity index is 1.48. The van der Waals surface area contributed by atoms with E-state index in [1.807, 2.05) is 6.92 Å². The van der Waals surface area contributed by atoms with Crippen LogP contribution in [0.1, 0.15) is 26.2 Å². The summed E-state index contributed by atoms with van der Waals surface area (Å²) in [4.78, 5) is 0. The van der Waals surface area contributed by atoms with E-state index in [0.717, 1.165) is 0 Å². The van der Waals surface area contributed by atoms with Gasteiger partial charge in [0.05, 0.1) is 30.9 Å². The minimum absolute atomic E-state index is 0.134. The van der Waals surface area contributed by atoms with Crippen molar-refractivity contribution in [2.75, 3.05) is 13.2 Å². The van der Waals surface area contributed by atoms with Crippen LogP contribution in [0, 0.1) is 0 Å². The number of aliphatic hydroxyl groups excluding tert-OH is 5. The summed E-state index contributed by atoms with van der Waals surface area (Å²) in [6.45, 7) is 1.09. The molecule has 0 bridgehead atoms. The molecule has 0 aromatic rings. The molecule has 4 aliphatic rings. The van der Waals surface area contributed by atoms with Gasteiger partial charge in [0.25, 0.3) is 0 Å². The van der Waals surface area contributed by atoms with Crippen LogP contribution in [-0.2, 0) is 28.4 Å². The van der Waals surface area contributed by atoms with Crippen LogP contribution in [0.15, 0.2) is 0 Å². The van der Waals surface area contributed by atoms with E-state index < -0.39 is 105 Å². The summed E-state index contributed by atoms with van der Waals surface area (Å²) in [5.41, 5.74) is 36.4. The van der Waals surface area contributed by atoms with Gasteiger partial charge in [0.2, 0.25) is 0 Å². The third-order valence-corrected chi connectivity index (χ3v) is 8.42. The molecule has 0 amide bonds. The van der Waals surface area contributed by atoms with Crippen molar-refractivity contribution in [2.45, 2.75) is 136 Å². The number of rotatable bonds is 9. The molecule has 0 aromatic heterocycles. The molecule has 0 unspecified atom stereocenters. The minimum Gasteiger partial charge on any atom is -0.394 e. The van der Waals surface area contributed by atoms with Crippen molar-refractivity contribution in [1.82, 2.24) is 0 Å². The number of aliphatic hydroxyl groups is 5. The zero-order chi connectivity index (χ0) is 30.2. The first-order valence-corrected chi connectivity index (χ1v) is 14.1. The molecule has 0 radical (unpaired) electrons. The summed E-state index contributed by atoms with van der Waals surface area (Å²) in [6.07, 6.45) is -13.5. The first kappa shape index (κ1) is 33.2. The van der Waals surface area contributed by atoms with E-state index in [2.05, 4.69) is 0 Å². The van der Waals surface area contributed by atoms with Gasteiger partial charge in [-0.2, -0.15) is 0 Å². The molecule has 18 atom stereocenters. The zero-order valence-corrected chi connectivity index (χ0v) is 23.1. The molecule has 3 heterocycles. The standard InChI is InChI=1S/C24H48N6O11/c1-7(26)11-3-2-8(27)22(36-11)39-19-10(29)4-9(28)15(32)21(19)41-24-18(35)20(13(6-31)38-24)40-23-14(30)17(34)16(33)12(5-25)37-23/h7-24,31-35H,2-6,25-30H2,1H3/t7-,8+,9+,10-,11-,12-,13+,14+,15-,16+,17+,18+,19+,20+,21+,22+,23+,24-/m0/s1. The second-order valence-electron chi connectivity index (χ2n) is 11.6. The summed E-state index contributed by atoms with van der Waals surface area (Å²) in [7, 11) is 0. The number of ether oxygens (including phenoxy) is 6. The van der Waals surface area contributed by atoms with Crippen LogP contribution in [0.25, 0.3) is 0 Å². The highest BCUT2D eigenvalue weighted by Gasteiger charge is 2.53. The fraction of sp³-hybridized carbons (Fsp3) is 1.00. The van der Waals surface area contributed by atoms with Crippen molar-refractivity contribution in [3.63, 3.8) is 0 Å². The molecule has 1 aliphatic carbocycles. The van der Waals surface area contributed by atoms with Gasteiger partial charge in [0.1, 0.15) is 48.8 Å². The Labute approximate surface area is 238 Å². The summed E-state index contributed by atoms with van der Waals surface area (Å²) >= 11 is 0. The van der Waals surface area contributed by atoms with E-state index in [9.17, 15) is 25.5 Å². The second kappa shape index (κ2) is 14.0. The molecule has 4 fully saturated rings. The molecule has 0 spiro atoms. The van der Waals surface area contributed by atoms with Gasteiger partial charge in [-0.25, -0.2) is 0 Å². The molecule has 3 aliphatic heterocycles. The molecular formula is C24H48N6O11. The monoisotopic (exact) mass is 596 g/mol. The van der Waals surface area contributed by atoms with Crippen LogP contribution < -0.4 is 34.4 Å². The Kier molecular flexibility index (Phi) is 11.3. The molecule has 17 N–H and O–H groups in total. The molecular weight excluding hydrogens is 548 g/mol. The first-order chi connectivity index (χ1) is 19.4. The molecule has 17 nitrogen and oxygen atoms in total. The van der Waals surface area contributed by atoms with Gasteiger partial charge in [-0.3, -0.25) is 0 Å². The van der Waals surface area contributed by atoms with Gasteiger partial charge in [-0.1, -0.05) is 0 Å². The maximum Gasteiger partial charge on any atom is 0.187 e. The van der Waals surface area contributed by atoms with Crippen LogP contribution >= 0.6 is 0 Å². The zero-order valence-electron chi connectivity index (χ0n) is 23.1. The van der Waals surface area contributed by atoms with Gasteiger partial charge in [-0.15, -0.1) is 0 Å². The van der Waals surface area contributed by atoms with E-state index in [1.54, 1.807) is 0 Å². The van der Waals surface area contributed by atoms with Gasteiger partial charge < -0.3 is 88.4 Å². The first-order valence-electron chi connectivity index (χ1n) is 14.1. The van der Waals surface area contributed by atoms with Gasteiger partial charge in [-0.05, 0) is 26.2 Å². The third kappa shape index (κ3) is 7.02. The molecule has 0 aromatic carbocycles. The van der Waals surface area contributed by atoms with Crippen LogP contribution in [0.5, 0.6) is 0 Å². The van der Waals surface area contributed by atoms with E-state index in [0.29, 0.717) is 12.8 Å². The van der Waals surface area contributed by atoms with E-state index in [1.165, 1.54) is 0 Å². The normalized spacial score (nSPS) is 52.0. The van der Waals surface area contributed by atoms with E-state index in [4.69, 9.17) is 62.8 Å². The van der Waals surface area contributed by atoms with Gasteiger partial charge in [0.15, 0.2) is 18.9 Å². The Morgan fingerprint density at radius 1 is 0.707 bits per heavy atom. The minimum atomic E-state index is -1.53. The van der Waals surface area contributed by atoms with Crippen molar-refractivity contribution >= 4 is 0 Å². The van der Waals surface area contributed by atoms with Crippen molar-refractivity contribution in [1.29, 1.82) is 0 Å². The van der Waals surface area contributed by atoms with Crippen LogP contribution in [0.4, 0.5) is 0 Å². The highest BCUT2D eigenvalue weighted by atomic mass is 16.8. The number of hydrogen-bond donors (Lipinski definition) is 11. The lowest BCUT2D eigenvalue weighted by Gasteiger charge is -2.46. The highest BCUT2D eigenvalue weighted by molar-refractivity contribution is 5.01. The van der Waals surface area contributed by atoms with Crippen molar-refractivity contribution in [3.05, 3.63) is 0 Å². The fourth-order valence-corrected chi connectivity index (χ4v) is 5.83. The average molecular weight is 597 g/mol. The molecule has 3 saturated heterocycles. The predicted molar refractivity (Wildman–Crippen MR) is 140 cm³/mol. The lowest BCUT2D eigenvalue weighted by molar-refractivity contribution is -0.290. The Bertz CT molecular complexity index is 835. The van der Waals surface area contributed by atoms with Crippen LogP contribution in [0.3, 0.4) is 0 Å². The molecule has 17 heteroatoms. The van der Waals surface area contributed by atoms with Crippen molar-refractivity contribution < 1.29 is 54.0 Å².